The van der Waals surface area contributed by atoms with E-state index >= 15 is 0 Å². The molecule has 2 aromatic rings. The van der Waals surface area contributed by atoms with Crippen LogP contribution in [0.3, 0.4) is 0 Å². The summed E-state index contributed by atoms with van der Waals surface area (Å²) < 4.78 is 26.6. The summed E-state index contributed by atoms with van der Waals surface area (Å²) in [5, 5.41) is 0. The van der Waals surface area contributed by atoms with Crippen molar-refractivity contribution in [2.75, 3.05) is 0 Å². The number of hydrogen-bond donors (Lipinski definition) is 1. The van der Waals surface area contributed by atoms with Gasteiger partial charge in [-0.25, -0.2) is 13.8 Å². The molecule has 86 valence electrons. The van der Waals surface area contributed by atoms with Gasteiger partial charge in [0.15, 0.2) is 11.5 Å². The topological polar surface area (TPSA) is 56.0 Å². The van der Waals surface area contributed by atoms with Crippen molar-refractivity contribution in [1.82, 2.24) is 4.98 Å². The molecule has 0 atom stereocenters. The number of rotatable bonds is 2. The summed E-state index contributed by atoms with van der Waals surface area (Å²) in [4.78, 5) is 14.6. The van der Waals surface area contributed by atoms with Crippen LogP contribution in [0.15, 0.2) is 36.4 Å². The molecule has 2 rings (SSSR count). The van der Waals surface area contributed by atoms with Crippen LogP contribution in [0.4, 0.5) is 8.78 Å². The third kappa shape index (κ3) is 2.13. The van der Waals surface area contributed by atoms with Gasteiger partial charge in [0.2, 0.25) is 0 Å². The van der Waals surface area contributed by atoms with E-state index in [-0.39, 0.29) is 11.3 Å². The fraction of sp³-hybridized carbons (Fsp3) is 0. The van der Waals surface area contributed by atoms with Crippen LogP contribution in [-0.2, 0) is 0 Å². The summed E-state index contributed by atoms with van der Waals surface area (Å²) >= 11 is 0. The summed E-state index contributed by atoms with van der Waals surface area (Å²) in [6, 6.07) is 8.21. The zero-order chi connectivity index (χ0) is 12.4. The van der Waals surface area contributed by atoms with Crippen LogP contribution in [0.25, 0.3) is 11.3 Å². The molecule has 1 heterocycles. The van der Waals surface area contributed by atoms with Crippen LogP contribution in [0.5, 0.6) is 0 Å². The van der Waals surface area contributed by atoms with E-state index < -0.39 is 23.2 Å². The van der Waals surface area contributed by atoms with Crippen LogP contribution in [-0.4, -0.2) is 10.9 Å². The first-order valence-corrected chi connectivity index (χ1v) is 4.81. The van der Waals surface area contributed by atoms with E-state index in [9.17, 15) is 13.6 Å². The van der Waals surface area contributed by atoms with Crippen LogP contribution < -0.4 is 5.73 Å². The minimum atomic E-state index is -0.985. The maximum absolute atomic E-state index is 13.5. The monoisotopic (exact) mass is 234 g/mol. The summed E-state index contributed by atoms with van der Waals surface area (Å²) in [6.07, 6.45) is 0. The predicted octanol–water partition coefficient (Wildman–Crippen LogP) is 2.13. The SMILES string of the molecule is NC(=O)c1nc(-c2ccccc2F)ccc1F. The lowest BCUT2D eigenvalue weighted by Crippen LogP contribution is -2.15. The Labute approximate surface area is 95.9 Å². The second-order valence-corrected chi connectivity index (χ2v) is 3.37. The number of aromatic nitrogens is 1. The number of nitrogens with two attached hydrogens (primary N) is 1. The van der Waals surface area contributed by atoms with Crippen LogP contribution in [0.2, 0.25) is 0 Å². The minimum absolute atomic E-state index is 0.165. The van der Waals surface area contributed by atoms with Gasteiger partial charge in [0.25, 0.3) is 5.91 Å². The number of amides is 1. The van der Waals surface area contributed by atoms with Crippen LogP contribution in [0, 0.1) is 11.6 Å². The zero-order valence-corrected chi connectivity index (χ0v) is 8.65. The molecule has 0 saturated carbocycles. The van der Waals surface area contributed by atoms with Crippen LogP contribution >= 0.6 is 0 Å². The van der Waals surface area contributed by atoms with E-state index in [0.29, 0.717) is 0 Å². The summed E-state index contributed by atoms with van der Waals surface area (Å²) in [5.74, 6) is -2.31. The van der Waals surface area contributed by atoms with E-state index in [4.69, 9.17) is 5.73 Å². The molecule has 0 spiro atoms. The number of carbonyl (C=O) groups excluding carboxylic acids is 1. The lowest BCUT2D eigenvalue weighted by molar-refractivity contribution is 0.0991. The molecule has 0 aliphatic rings. The Morgan fingerprint density at radius 3 is 2.41 bits per heavy atom. The lowest BCUT2D eigenvalue weighted by atomic mass is 10.1. The molecule has 2 N–H and O–H groups in total. The lowest BCUT2D eigenvalue weighted by Gasteiger charge is -2.04. The van der Waals surface area contributed by atoms with Crippen molar-refractivity contribution in [1.29, 1.82) is 0 Å². The molecule has 0 bridgehead atoms. The molecule has 0 radical (unpaired) electrons. The summed E-state index contributed by atoms with van der Waals surface area (Å²) in [5.41, 5.74) is 4.82. The van der Waals surface area contributed by atoms with Gasteiger partial charge < -0.3 is 5.73 Å². The van der Waals surface area contributed by atoms with Crippen molar-refractivity contribution < 1.29 is 13.6 Å². The molecule has 0 saturated heterocycles. The van der Waals surface area contributed by atoms with Crippen molar-refractivity contribution in [2.24, 2.45) is 5.73 Å². The molecule has 5 heteroatoms. The van der Waals surface area contributed by atoms with E-state index in [1.807, 2.05) is 0 Å². The van der Waals surface area contributed by atoms with Gasteiger partial charge in [0.05, 0.1) is 5.69 Å². The van der Waals surface area contributed by atoms with Crippen molar-refractivity contribution in [3.05, 3.63) is 53.7 Å². The Hall–Kier alpha value is -2.30. The molecule has 0 unspecified atom stereocenters. The second-order valence-electron chi connectivity index (χ2n) is 3.37. The van der Waals surface area contributed by atoms with Crippen molar-refractivity contribution in [2.45, 2.75) is 0 Å². The van der Waals surface area contributed by atoms with Gasteiger partial charge in [0, 0.05) is 5.56 Å². The van der Waals surface area contributed by atoms with Gasteiger partial charge >= 0.3 is 0 Å². The highest BCUT2D eigenvalue weighted by molar-refractivity contribution is 5.91. The molecular formula is C12H8F2N2O. The molecule has 17 heavy (non-hydrogen) atoms. The highest BCUT2D eigenvalue weighted by atomic mass is 19.1. The average Bonchev–Trinajstić information content (AvgIpc) is 2.30. The Kier molecular flexibility index (Phi) is 2.82. The average molecular weight is 234 g/mol. The standard InChI is InChI=1S/C12H8F2N2O/c13-8-4-2-1-3-7(8)10-6-5-9(14)11(16-10)12(15)17/h1-6H,(H2,15,17). The Morgan fingerprint density at radius 2 is 1.76 bits per heavy atom. The number of halogens is 2. The highest BCUT2D eigenvalue weighted by Gasteiger charge is 2.13. The number of nitrogens with zero attached hydrogens (tertiary/aromatic N) is 1. The number of pyridine rings is 1. The zero-order valence-electron chi connectivity index (χ0n) is 8.65. The molecule has 0 fully saturated rings. The largest absolute Gasteiger partial charge is 0.364 e. The predicted molar refractivity (Wildman–Crippen MR) is 58.1 cm³/mol. The Bertz CT molecular complexity index is 584. The molecule has 3 nitrogen and oxygen atoms in total. The molecular weight excluding hydrogens is 226 g/mol. The first kappa shape index (κ1) is 11.2. The summed E-state index contributed by atoms with van der Waals surface area (Å²) in [7, 11) is 0. The summed E-state index contributed by atoms with van der Waals surface area (Å²) in [6.45, 7) is 0. The fourth-order valence-electron chi connectivity index (χ4n) is 1.43. The quantitative estimate of drug-likeness (QED) is 0.865. The molecule has 1 aromatic heterocycles. The number of carbonyl (C=O) groups is 1. The van der Waals surface area contributed by atoms with Crippen molar-refractivity contribution in [3.63, 3.8) is 0 Å². The number of hydrogen-bond acceptors (Lipinski definition) is 2. The van der Waals surface area contributed by atoms with Gasteiger partial charge in [-0.3, -0.25) is 4.79 Å². The maximum Gasteiger partial charge on any atom is 0.270 e. The van der Waals surface area contributed by atoms with E-state index in [0.717, 1.165) is 6.07 Å². The Morgan fingerprint density at radius 1 is 1.06 bits per heavy atom. The number of primary amides is 1. The van der Waals surface area contributed by atoms with E-state index in [1.165, 1.54) is 24.3 Å². The van der Waals surface area contributed by atoms with Gasteiger partial charge in [-0.1, -0.05) is 12.1 Å². The van der Waals surface area contributed by atoms with Gasteiger partial charge in [-0.15, -0.1) is 0 Å². The van der Waals surface area contributed by atoms with Crippen molar-refractivity contribution >= 4 is 5.91 Å². The van der Waals surface area contributed by atoms with Gasteiger partial charge in [-0.2, -0.15) is 0 Å². The first-order valence-electron chi connectivity index (χ1n) is 4.81. The molecule has 1 aromatic carbocycles. The van der Waals surface area contributed by atoms with Crippen molar-refractivity contribution in [3.8, 4) is 11.3 Å². The fourth-order valence-corrected chi connectivity index (χ4v) is 1.43. The van der Waals surface area contributed by atoms with Gasteiger partial charge in [0.1, 0.15) is 5.82 Å². The Balaban J connectivity index is 2.58. The maximum atomic E-state index is 13.5. The molecule has 0 aliphatic carbocycles. The number of benzene rings is 1. The third-order valence-electron chi connectivity index (χ3n) is 2.23. The smallest absolute Gasteiger partial charge is 0.270 e. The molecule has 0 aliphatic heterocycles. The second kappa shape index (κ2) is 4.29. The van der Waals surface area contributed by atoms with E-state index in [2.05, 4.69) is 4.98 Å². The minimum Gasteiger partial charge on any atom is -0.364 e. The van der Waals surface area contributed by atoms with Gasteiger partial charge in [-0.05, 0) is 24.3 Å². The highest BCUT2D eigenvalue weighted by Crippen LogP contribution is 2.21. The van der Waals surface area contributed by atoms with E-state index in [1.54, 1.807) is 6.07 Å². The third-order valence-corrected chi connectivity index (χ3v) is 2.23. The first-order chi connectivity index (χ1) is 8.09. The van der Waals surface area contributed by atoms with Crippen LogP contribution in [0.1, 0.15) is 10.5 Å². The normalized spacial score (nSPS) is 10.2. The molecule has 1 amide bonds.